The average Bonchev–Trinajstić information content (AvgIpc) is 3.12. The maximum atomic E-state index is 12.5. The van der Waals surface area contributed by atoms with Crippen LogP contribution in [0.1, 0.15) is 22.3 Å². The van der Waals surface area contributed by atoms with Crippen molar-refractivity contribution in [2.45, 2.75) is 24.7 Å². The summed E-state index contributed by atoms with van der Waals surface area (Å²) in [5.74, 6) is 0. The molecule has 0 spiro atoms. The average molecular weight is 800 g/mol. The first-order valence-corrected chi connectivity index (χ1v) is 19.0. The molecule has 0 heterocycles. The molecule has 0 amide bonds. The Kier molecular flexibility index (Phi) is 17.2. The monoisotopic (exact) mass is 798 g/mol. The van der Waals surface area contributed by atoms with E-state index in [4.69, 9.17) is 0 Å². The van der Waals surface area contributed by atoms with Gasteiger partial charge in [-0.15, -0.1) is 17.0 Å². The van der Waals surface area contributed by atoms with E-state index in [1.54, 1.807) is 12.1 Å². The third-order valence-corrected chi connectivity index (χ3v) is 12.9. The molecule has 253 valence electrons. The Bertz CT molecular complexity index is 1710. The molecule has 0 aliphatic heterocycles. The van der Waals surface area contributed by atoms with Crippen molar-refractivity contribution in [3.05, 3.63) is 204 Å². The van der Waals surface area contributed by atoms with Gasteiger partial charge < -0.3 is 0 Å². The third-order valence-electron chi connectivity index (χ3n) is 7.61. The van der Waals surface area contributed by atoms with Gasteiger partial charge in [0, 0.05) is 16.5 Å². The van der Waals surface area contributed by atoms with Crippen molar-refractivity contribution < 1.29 is 29.7 Å². The summed E-state index contributed by atoms with van der Waals surface area (Å²) < 4.78 is 37.6. The second-order valence-electron chi connectivity index (χ2n) is 11.0. The largest absolute Gasteiger partial charge is 0.417 e. The van der Waals surface area contributed by atoms with Gasteiger partial charge in [0.15, 0.2) is 0 Å². The molecule has 6 aromatic rings. The molecule has 49 heavy (non-hydrogen) atoms. The van der Waals surface area contributed by atoms with Gasteiger partial charge in [-0.05, 0) is 70.2 Å². The normalized spacial score (nSPS) is 11.0. The van der Waals surface area contributed by atoms with Crippen molar-refractivity contribution in [2.75, 3.05) is 0 Å². The van der Waals surface area contributed by atoms with E-state index in [1.807, 2.05) is 48.5 Å². The molecular formula is C42H38BrF3NiP2+. The Labute approximate surface area is 311 Å². The van der Waals surface area contributed by atoms with Crippen LogP contribution in [0, 0.1) is 6.08 Å². The Morgan fingerprint density at radius 2 is 0.918 bits per heavy atom. The van der Waals surface area contributed by atoms with Gasteiger partial charge in [-0.3, -0.25) is 0 Å². The molecule has 0 atom stereocenters. The molecule has 0 saturated heterocycles. The molecule has 6 aromatic carbocycles. The van der Waals surface area contributed by atoms with Crippen LogP contribution < -0.4 is 15.9 Å². The van der Waals surface area contributed by atoms with Crippen molar-refractivity contribution in [1.29, 1.82) is 0 Å². The second-order valence-corrected chi connectivity index (χ2v) is 15.7. The predicted molar refractivity (Wildman–Crippen MR) is 208 cm³/mol. The summed E-state index contributed by atoms with van der Waals surface area (Å²) in [4.78, 5) is 0. The smallest absolute Gasteiger partial charge is 0.166 e. The first kappa shape index (κ1) is 40.1. The SMILES string of the molecule is Br.FC(F)(F)[C]=Cc1ccccc1C[PH+](c1ccccc1)c1ccccc1.[Ni].c1ccc(CP(Cc2ccccc2)c2ccccc2)cc1. The number of benzene rings is 6. The minimum Gasteiger partial charge on any atom is -0.166 e. The fraction of sp³-hybridized carbons (Fsp3) is 0.0952. The zero-order valence-electron chi connectivity index (χ0n) is 26.7. The summed E-state index contributed by atoms with van der Waals surface area (Å²) in [7, 11) is -1.36. The van der Waals surface area contributed by atoms with Crippen molar-refractivity contribution in [2.24, 2.45) is 0 Å². The first-order valence-electron chi connectivity index (χ1n) is 15.5. The second kappa shape index (κ2) is 21.0. The van der Waals surface area contributed by atoms with E-state index in [9.17, 15) is 13.2 Å². The summed E-state index contributed by atoms with van der Waals surface area (Å²) in [6, 6.07) is 60.2. The van der Waals surface area contributed by atoms with Crippen molar-refractivity contribution in [3.8, 4) is 0 Å². The number of alkyl halides is 3. The zero-order valence-corrected chi connectivity index (χ0v) is 31.3. The molecule has 1 radical (unpaired) electrons. The molecule has 0 aliphatic carbocycles. The van der Waals surface area contributed by atoms with Crippen molar-refractivity contribution in [3.63, 3.8) is 0 Å². The molecule has 0 nitrogen and oxygen atoms in total. The topological polar surface area (TPSA) is 0 Å². The molecule has 0 aromatic heterocycles. The molecule has 0 fully saturated rings. The summed E-state index contributed by atoms with van der Waals surface area (Å²) in [6.07, 6.45) is 1.14. The summed E-state index contributed by atoms with van der Waals surface area (Å²) in [5.41, 5.74) is 4.34. The third kappa shape index (κ3) is 13.5. The van der Waals surface area contributed by atoms with E-state index < -0.39 is 14.1 Å². The first-order chi connectivity index (χ1) is 22.9. The van der Waals surface area contributed by atoms with E-state index in [-0.39, 0.29) is 41.4 Å². The Balaban J connectivity index is 0.000000260. The maximum absolute atomic E-state index is 12.5. The van der Waals surface area contributed by atoms with Gasteiger partial charge in [0.25, 0.3) is 0 Å². The summed E-state index contributed by atoms with van der Waals surface area (Å²) in [6.45, 7) is 0. The van der Waals surface area contributed by atoms with Crippen LogP contribution in [0.25, 0.3) is 6.08 Å². The van der Waals surface area contributed by atoms with Crippen molar-refractivity contribution in [1.82, 2.24) is 0 Å². The molecule has 0 bridgehead atoms. The molecule has 0 saturated carbocycles. The number of rotatable bonds is 10. The molecule has 0 aliphatic rings. The van der Waals surface area contributed by atoms with Gasteiger partial charge in [0.05, 0.1) is 30.8 Å². The number of halogens is 4. The van der Waals surface area contributed by atoms with Gasteiger partial charge in [-0.25, -0.2) is 0 Å². The fourth-order valence-electron chi connectivity index (χ4n) is 5.32. The van der Waals surface area contributed by atoms with E-state index in [2.05, 4.69) is 115 Å². The van der Waals surface area contributed by atoms with Gasteiger partial charge in [-0.1, -0.05) is 160 Å². The zero-order chi connectivity index (χ0) is 32.7. The number of hydrogen-bond acceptors (Lipinski definition) is 0. The van der Waals surface area contributed by atoms with E-state index in [0.29, 0.717) is 11.7 Å². The van der Waals surface area contributed by atoms with Crippen molar-refractivity contribution >= 4 is 54.8 Å². The predicted octanol–water partition coefficient (Wildman–Crippen LogP) is 11.2. The van der Waals surface area contributed by atoms with Crippen LogP contribution in [0.2, 0.25) is 0 Å². The van der Waals surface area contributed by atoms with Crippen LogP contribution in [-0.2, 0) is 35.0 Å². The fourth-order valence-corrected chi connectivity index (χ4v) is 10.3. The van der Waals surface area contributed by atoms with Crippen LogP contribution in [0.3, 0.4) is 0 Å². The maximum Gasteiger partial charge on any atom is 0.417 e. The van der Waals surface area contributed by atoms with Crippen LogP contribution >= 0.6 is 32.8 Å². The summed E-state index contributed by atoms with van der Waals surface area (Å²) >= 11 is 0. The molecule has 0 N–H and O–H groups in total. The number of hydrogen-bond donors (Lipinski definition) is 0. The Hall–Kier alpha value is -3.32. The van der Waals surface area contributed by atoms with Crippen LogP contribution in [0.15, 0.2) is 176 Å². The van der Waals surface area contributed by atoms with E-state index in [1.165, 1.54) is 33.1 Å². The van der Waals surface area contributed by atoms with Gasteiger partial charge in [0.1, 0.15) is 0 Å². The molecular weight excluding hydrogens is 762 g/mol. The molecule has 0 unspecified atom stereocenters. The molecule has 7 heteroatoms. The van der Waals surface area contributed by atoms with Gasteiger partial charge in [0.2, 0.25) is 0 Å². The quantitative estimate of drug-likeness (QED) is 0.0956. The standard InChI is InChI=1S/C22H17F3P.C20H19P.BrH.Ni/c23-22(24,25)16-15-18-9-7-8-10-19(18)17-26(20-11-3-1-4-12-20)21-13-5-2-6-14-21;1-4-10-18(11-5-1)16-21(20-14-8-3-9-15-20)17-19-12-6-2-7-13-19;;/h1-15H,17H2;1-15H,16-17H2;1H;/p+1. The van der Waals surface area contributed by atoms with E-state index >= 15 is 0 Å². The van der Waals surface area contributed by atoms with Crippen LogP contribution in [0.4, 0.5) is 13.2 Å². The number of allylic oxidation sites excluding steroid dienone is 1. The van der Waals surface area contributed by atoms with Crippen LogP contribution in [-0.4, -0.2) is 6.18 Å². The van der Waals surface area contributed by atoms with Gasteiger partial charge in [-0.2, -0.15) is 13.2 Å². The van der Waals surface area contributed by atoms with Gasteiger partial charge >= 0.3 is 6.18 Å². The minimum absolute atomic E-state index is 0. The molecule has 6 rings (SSSR count). The Morgan fingerprint density at radius 1 is 0.531 bits per heavy atom. The Morgan fingerprint density at radius 3 is 1.37 bits per heavy atom. The van der Waals surface area contributed by atoms with Crippen LogP contribution in [0.5, 0.6) is 0 Å². The van der Waals surface area contributed by atoms with E-state index in [0.717, 1.165) is 24.0 Å². The summed E-state index contributed by atoms with van der Waals surface area (Å²) in [5, 5.41) is 3.96. The minimum atomic E-state index is -4.43.